The lowest BCUT2D eigenvalue weighted by atomic mass is 10.3. The number of carbonyl (C=O) groups excluding carboxylic acids is 1. The predicted molar refractivity (Wildman–Crippen MR) is 69.5 cm³/mol. The molecule has 0 unspecified atom stereocenters. The summed E-state index contributed by atoms with van der Waals surface area (Å²) in [6.07, 6.45) is 0.818. The number of aromatic amines is 1. The van der Waals surface area contributed by atoms with E-state index in [0.717, 1.165) is 5.52 Å². The minimum atomic E-state index is -0.866. The van der Waals surface area contributed by atoms with Crippen molar-refractivity contribution >= 4 is 17.1 Å². The smallest absolute Gasteiger partial charge is 0.408 e. The molecule has 0 bridgehead atoms. The van der Waals surface area contributed by atoms with Gasteiger partial charge in [0.05, 0.1) is 5.52 Å². The third-order valence-corrected chi connectivity index (χ3v) is 2.59. The van der Waals surface area contributed by atoms with Crippen molar-refractivity contribution < 1.29 is 9.53 Å². The number of nitrogens with one attached hydrogen (secondary N) is 1. The molecule has 0 fully saturated rings. The number of nitrogens with two attached hydrogens (primary N) is 1. The van der Waals surface area contributed by atoms with E-state index < -0.39 is 6.09 Å². The normalized spacial score (nSPS) is 10.5. The maximum absolute atomic E-state index is 10.8. The van der Waals surface area contributed by atoms with Crippen LogP contribution in [0, 0.1) is 0 Å². The second-order valence-corrected chi connectivity index (χ2v) is 3.87. The van der Waals surface area contributed by atoms with Gasteiger partial charge in [0.2, 0.25) is 0 Å². The second-order valence-electron chi connectivity index (χ2n) is 3.87. The first-order chi connectivity index (χ1) is 9.24. The van der Waals surface area contributed by atoms with Gasteiger partial charge >= 0.3 is 6.09 Å². The van der Waals surface area contributed by atoms with E-state index in [0.29, 0.717) is 22.8 Å². The van der Waals surface area contributed by atoms with Crippen LogP contribution in [0.15, 0.2) is 42.6 Å². The Bertz CT molecular complexity index is 737. The number of H-pyrrole nitrogens is 1. The van der Waals surface area contributed by atoms with Gasteiger partial charge in [0.15, 0.2) is 11.6 Å². The summed E-state index contributed by atoms with van der Waals surface area (Å²) >= 11 is 0. The van der Waals surface area contributed by atoms with Gasteiger partial charge in [-0.1, -0.05) is 12.1 Å². The summed E-state index contributed by atoms with van der Waals surface area (Å²) < 4.78 is 4.91. The van der Waals surface area contributed by atoms with Gasteiger partial charge in [-0.3, -0.25) is 4.98 Å². The number of pyridine rings is 1. The monoisotopic (exact) mass is 254 g/mol. The Hall–Kier alpha value is -2.89. The standard InChI is InChI=1S/C13H10N4O2/c14-13(18)19-10-6-3-5-8-11(10)17-12(16-8)9-4-1-2-7-15-9/h1-7H,(H2,14,18)(H,16,17). The molecule has 19 heavy (non-hydrogen) atoms. The van der Waals surface area contributed by atoms with Crippen LogP contribution in [0.1, 0.15) is 0 Å². The number of benzene rings is 1. The van der Waals surface area contributed by atoms with Crippen LogP contribution in [-0.2, 0) is 0 Å². The third-order valence-electron chi connectivity index (χ3n) is 2.59. The Morgan fingerprint density at radius 1 is 1.21 bits per heavy atom. The summed E-state index contributed by atoms with van der Waals surface area (Å²) in [4.78, 5) is 22.6. The van der Waals surface area contributed by atoms with Crippen LogP contribution in [0.25, 0.3) is 22.6 Å². The second kappa shape index (κ2) is 4.41. The summed E-state index contributed by atoms with van der Waals surface area (Å²) in [5.74, 6) is 0.930. The van der Waals surface area contributed by atoms with Crippen molar-refractivity contribution in [3.8, 4) is 17.3 Å². The molecule has 3 aromatic rings. The largest absolute Gasteiger partial charge is 0.410 e. The number of imidazole rings is 1. The summed E-state index contributed by atoms with van der Waals surface area (Å²) in [6.45, 7) is 0. The maximum atomic E-state index is 10.8. The molecule has 0 aliphatic heterocycles. The van der Waals surface area contributed by atoms with E-state index in [2.05, 4.69) is 15.0 Å². The first kappa shape index (κ1) is 11.2. The quantitative estimate of drug-likeness (QED) is 0.732. The van der Waals surface area contributed by atoms with Gasteiger partial charge in [-0.2, -0.15) is 0 Å². The molecule has 6 nitrogen and oxygen atoms in total. The highest BCUT2D eigenvalue weighted by Gasteiger charge is 2.11. The molecular formula is C13H10N4O2. The van der Waals surface area contributed by atoms with Crippen molar-refractivity contribution in [2.24, 2.45) is 5.73 Å². The number of carbonyl (C=O) groups is 1. The van der Waals surface area contributed by atoms with Crippen molar-refractivity contribution in [3.63, 3.8) is 0 Å². The summed E-state index contributed by atoms with van der Waals surface area (Å²) in [5, 5.41) is 0. The molecule has 1 aromatic carbocycles. The molecule has 0 aliphatic carbocycles. The van der Waals surface area contributed by atoms with Crippen LogP contribution >= 0.6 is 0 Å². The molecular weight excluding hydrogens is 244 g/mol. The number of amides is 1. The minimum Gasteiger partial charge on any atom is -0.408 e. The van der Waals surface area contributed by atoms with Crippen molar-refractivity contribution in [1.82, 2.24) is 15.0 Å². The molecule has 0 saturated heterocycles. The number of hydrogen-bond donors (Lipinski definition) is 2. The molecule has 94 valence electrons. The van der Waals surface area contributed by atoms with Crippen molar-refractivity contribution in [3.05, 3.63) is 42.6 Å². The topological polar surface area (TPSA) is 93.9 Å². The van der Waals surface area contributed by atoms with Crippen LogP contribution < -0.4 is 10.5 Å². The maximum Gasteiger partial charge on any atom is 0.410 e. The van der Waals surface area contributed by atoms with Crippen LogP contribution in [0.4, 0.5) is 4.79 Å². The Kier molecular flexibility index (Phi) is 2.60. The molecule has 2 heterocycles. The summed E-state index contributed by atoms with van der Waals surface area (Å²) in [5.41, 5.74) is 7.03. The molecule has 0 saturated carbocycles. The van der Waals surface area contributed by atoms with E-state index in [1.807, 2.05) is 24.3 Å². The van der Waals surface area contributed by atoms with Crippen molar-refractivity contribution in [1.29, 1.82) is 0 Å². The fraction of sp³-hybridized carbons (Fsp3) is 0. The summed E-state index contributed by atoms with van der Waals surface area (Å²) in [6, 6.07) is 10.8. The lowest BCUT2D eigenvalue weighted by Gasteiger charge is -1.99. The van der Waals surface area contributed by atoms with Crippen molar-refractivity contribution in [2.75, 3.05) is 0 Å². The average Bonchev–Trinajstić information content (AvgIpc) is 2.84. The van der Waals surface area contributed by atoms with Gasteiger partial charge in [-0.05, 0) is 24.3 Å². The highest BCUT2D eigenvalue weighted by atomic mass is 16.5. The van der Waals surface area contributed by atoms with Gasteiger partial charge in [0, 0.05) is 6.20 Å². The number of para-hydroxylation sites is 1. The van der Waals surface area contributed by atoms with E-state index in [1.54, 1.807) is 18.3 Å². The molecule has 6 heteroatoms. The predicted octanol–water partition coefficient (Wildman–Crippen LogP) is 2.08. The van der Waals surface area contributed by atoms with Gasteiger partial charge < -0.3 is 15.5 Å². The Morgan fingerprint density at radius 3 is 2.84 bits per heavy atom. The lowest BCUT2D eigenvalue weighted by molar-refractivity contribution is 0.211. The molecule has 0 atom stereocenters. The van der Waals surface area contributed by atoms with Gasteiger partial charge in [0.25, 0.3) is 0 Å². The molecule has 0 spiro atoms. The van der Waals surface area contributed by atoms with E-state index in [1.165, 1.54) is 0 Å². The van der Waals surface area contributed by atoms with Crippen LogP contribution in [0.2, 0.25) is 0 Å². The number of hydrogen-bond acceptors (Lipinski definition) is 4. The zero-order valence-corrected chi connectivity index (χ0v) is 9.83. The molecule has 2 aromatic heterocycles. The number of primary amides is 1. The fourth-order valence-electron chi connectivity index (χ4n) is 1.82. The highest BCUT2D eigenvalue weighted by Crippen LogP contribution is 2.26. The Balaban J connectivity index is 2.13. The molecule has 1 amide bonds. The average molecular weight is 254 g/mol. The van der Waals surface area contributed by atoms with Crippen LogP contribution in [-0.4, -0.2) is 21.0 Å². The van der Waals surface area contributed by atoms with Gasteiger partial charge in [-0.25, -0.2) is 9.78 Å². The molecule has 0 radical (unpaired) electrons. The number of ether oxygens (including phenoxy) is 1. The number of fused-ring (bicyclic) bond motifs is 1. The number of rotatable bonds is 2. The fourth-order valence-corrected chi connectivity index (χ4v) is 1.82. The SMILES string of the molecule is NC(=O)Oc1cccc2[nH]c(-c3ccccn3)nc12. The first-order valence-electron chi connectivity index (χ1n) is 5.61. The zero-order chi connectivity index (χ0) is 13.2. The van der Waals surface area contributed by atoms with Gasteiger partial charge in [0.1, 0.15) is 11.2 Å². The van der Waals surface area contributed by atoms with Gasteiger partial charge in [-0.15, -0.1) is 0 Å². The number of aromatic nitrogens is 3. The zero-order valence-electron chi connectivity index (χ0n) is 9.83. The van der Waals surface area contributed by atoms with E-state index >= 15 is 0 Å². The molecule has 0 aliphatic rings. The highest BCUT2D eigenvalue weighted by molar-refractivity contribution is 5.86. The van der Waals surface area contributed by atoms with Crippen LogP contribution in [0.3, 0.4) is 0 Å². The lowest BCUT2D eigenvalue weighted by Crippen LogP contribution is -2.16. The minimum absolute atomic E-state index is 0.323. The van der Waals surface area contributed by atoms with E-state index in [4.69, 9.17) is 10.5 Å². The van der Waals surface area contributed by atoms with Crippen molar-refractivity contribution in [2.45, 2.75) is 0 Å². The Morgan fingerprint density at radius 2 is 2.11 bits per heavy atom. The Labute approximate surface area is 108 Å². The first-order valence-corrected chi connectivity index (χ1v) is 5.61. The van der Waals surface area contributed by atoms with E-state index in [9.17, 15) is 4.79 Å². The molecule has 3 N–H and O–H groups in total. The van der Waals surface area contributed by atoms with Crippen LogP contribution in [0.5, 0.6) is 5.75 Å². The number of nitrogens with zero attached hydrogens (tertiary/aromatic N) is 2. The molecule has 3 rings (SSSR count). The third kappa shape index (κ3) is 2.11. The summed E-state index contributed by atoms with van der Waals surface area (Å²) in [7, 11) is 0. The van der Waals surface area contributed by atoms with E-state index in [-0.39, 0.29) is 0 Å².